The Labute approximate surface area is 188 Å². The molecule has 174 valence electrons. The summed E-state index contributed by atoms with van der Waals surface area (Å²) in [4.78, 5) is 15.9. The van der Waals surface area contributed by atoms with Crippen LogP contribution in [0.2, 0.25) is 0 Å². The van der Waals surface area contributed by atoms with Gasteiger partial charge in [-0.2, -0.15) is 0 Å². The number of aromatic nitrogens is 1. The topological polar surface area (TPSA) is 79.7 Å². The second-order valence-electron chi connectivity index (χ2n) is 6.99. The Morgan fingerprint density at radius 3 is 2.10 bits per heavy atom. The largest absolute Gasteiger partial charge is 0.469 e. The van der Waals surface area contributed by atoms with Crippen molar-refractivity contribution in [2.24, 2.45) is 0 Å². The van der Waals surface area contributed by atoms with Crippen molar-refractivity contribution in [1.82, 2.24) is 4.98 Å². The summed E-state index contributed by atoms with van der Waals surface area (Å²) in [5, 5.41) is 20.2. The highest BCUT2D eigenvalue weighted by Gasteiger charge is 2.19. The van der Waals surface area contributed by atoms with Gasteiger partial charge in [0.1, 0.15) is 0 Å². The molecule has 2 atom stereocenters. The summed E-state index contributed by atoms with van der Waals surface area (Å²) in [5.41, 5.74) is 6.53. The fraction of sp³-hybridized carbons (Fsp3) is 0.538. The van der Waals surface area contributed by atoms with Gasteiger partial charge in [-0.1, -0.05) is 58.0 Å². The maximum absolute atomic E-state index is 11.2. The van der Waals surface area contributed by atoms with Crippen molar-refractivity contribution in [3.05, 3.63) is 52.8 Å². The molecule has 0 radical (unpaired) electrons. The molecule has 1 aromatic carbocycles. The SMILES string of the molecule is CC.CC.COC(=O)CC(O)CC(O)CCc1c(C)nc(C)c(C)c1-c1ccccc1. The number of esters is 1. The molecule has 2 rings (SSSR count). The molecule has 0 bridgehead atoms. The van der Waals surface area contributed by atoms with Gasteiger partial charge in [-0.05, 0) is 62.3 Å². The molecule has 5 heteroatoms. The van der Waals surface area contributed by atoms with E-state index >= 15 is 0 Å². The van der Waals surface area contributed by atoms with E-state index in [2.05, 4.69) is 28.8 Å². The highest BCUT2D eigenvalue weighted by molar-refractivity contribution is 5.72. The molecule has 2 aromatic rings. The fourth-order valence-corrected chi connectivity index (χ4v) is 3.39. The van der Waals surface area contributed by atoms with E-state index in [9.17, 15) is 15.0 Å². The van der Waals surface area contributed by atoms with Crippen molar-refractivity contribution in [3.8, 4) is 11.1 Å². The number of nitrogens with zero attached hydrogens (tertiary/aromatic N) is 1. The predicted octanol–water partition coefficient (Wildman–Crippen LogP) is 5.33. The van der Waals surface area contributed by atoms with Gasteiger partial charge >= 0.3 is 5.97 Å². The second kappa shape index (κ2) is 15.5. The summed E-state index contributed by atoms with van der Waals surface area (Å²) in [6.07, 6.45) is -0.422. The molecule has 0 amide bonds. The van der Waals surface area contributed by atoms with Crippen LogP contribution >= 0.6 is 0 Å². The number of aryl methyl sites for hydroxylation is 2. The van der Waals surface area contributed by atoms with Crippen molar-refractivity contribution in [1.29, 1.82) is 0 Å². The normalized spacial score (nSPS) is 11.9. The highest BCUT2D eigenvalue weighted by atomic mass is 16.5. The highest BCUT2D eigenvalue weighted by Crippen LogP contribution is 2.31. The van der Waals surface area contributed by atoms with Gasteiger partial charge in [0, 0.05) is 11.4 Å². The van der Waals surface area contributed by atoms with Gasteiger partial charge in [-0.25, -0.2) is 0 Å². The number of benzene rings is 1. The Hall–Kier alpha value is -2.24. The van der Waals surface area contributed by atoms with Gasteiger partial charge in [0.25, 0.3) is 0 Å². The zero-order valence-corrected chi connectivity index (χ0v) is 20.5. The summed E-state index contributed by atoms with van der Waals surface area (Å²) >= 11 is 0. The number of hydrogen-bond acceptors (Lipinski definition) is 5. The quantitative estimate of drug-likeness (QED) is 0.552. The molecular weight excluding hydrogens is 390 g/mol. The van der Waals surface area contributed by atoms with Crippen molar-refractivity contribution in [2.75, 3.05) is 7.11 Å². The average Bonchev–Trinajstić information content (AvgIpc) is 2.78. The summed E-state index contributed by atoms with van der Waals surface area (Å²) < 4.78 is 4.55. The molecule has 0 aliphatic heterocycles. The zero-order valence-electron chi connectivity index (χ0n) is 20.5. The minimum absolute atomic E-state index is 0.104. The molecule has 2 N–H and O–H groups in total. The predicted molar refractivity (Wildman–Crippen MR) is 128 cm³/mol. The number of ether oxygens (including phenoxy) is 1. The third kappa shape index (κ3) is 9.19. The molecule has 0 fully saturated rings. The number of pyridine rings is 1. The molecule has 5 nitrogen and oxygen atoms in total. The zero-order chi connectivity index (χ0) is 24.0. The lowest BCUT2D eigenvalue weighted by atomic mass is 9.90. The summed E-state index contributed by atoms with van der Waals surface area (Å²) in [7, 11) is 1.28. The monoisotopic (exact) mass is 431 g/mol. The van der Waals surface area contributed by atoms with Crippen LogP contribution in [0.3, 0.4) is 0 Å². The number of hydrogen-bond donors (Lipinski definition) is 2. The van der Waals surface area contributed by atoms with Crippen molar-refractivity contribution < 1.29 is 19.7 Å². The first kappa shape index (κ1) is 28.8. The molecule has 0 saturated carbocycles. The number of carbonyl (C=O) groups excluding carboxylic acids is 1. The Morgan fingerprint density at radius 2 is 1.55 bits per heavy atom. The van der Waals surface area contributed by atoms with E-state index in [1.165, 1.54) is 12.7 Å². The average molecular weight is 432 g/mol. The molecule has 2 unspecified atom stereocenters. The summed E-state index contributed by atoms with van der Waals surface area (Å²) in [5.74, 6) is -0.477. The first-order valence-corrected chi connectivity index (χ1v) is 11.3. The van der Waals surface area contributed by atoms with Crippen LogP contribution in [0.5, 0.6) is 0 Å². The van der Waals surface area contributed by atoms with Crippen LogP contribution in [-0.2, 0) is 16.0 Å². The van der Waals surface area contributed by atoms with Crippen molar-refractivity contribution in [2.45, 2.75) is 86.4 Å². The van der Waals surface area contributed by atoms with Gasteiger partial charge in [-0.3, -0.25) is 9.78 Å². The van der Waals surface area contributed by atoms with Gasteiger partial charge in [-0.15, -0.1) is 0 Å². The Morgan fingerprint density at radius 1 is 0.968 bits per heavy atom. The molecule has 0 saturated heterocycles. The Bertz CT molecular complexity index is 775. The van der Waals surface area contributed by atoms with E-state index in [1.807, 2.05) is 59.7 Å². The molecule has 1 heterocycles. The van der Waals surface area contributed by atoms with Crippen LogP contribution in [-0.4, -0.2) is 40.5 Å². The van der Waals surface area contributed by atoms with Crippen molar-refractivity contribution in [3.63, 3.8) is 0 Å². The molecular formula is C26H41NO4. The summed E-state index contributed by atoms with van der Waals surface area (Å²) in [6.45, 7) is 14.1. The standard InChI is InChI=1S/C22H29NO4.2C2H6/c1-14-15(2)23-16(3)20(22(14)17-8-6-5-7-9-17)11-10-18(24)12-19(25)13-21(26)27-4;2*1-2/h5-9,18-19,24-25H,10-13H2,1-4H3;2*1-2H3. The van der Waals surface area contributed by atoms with Crippen LogP contribution in [0.25, 0.3) is 11.1 Å². The van der Waals surface area contributed by atoms with E-state index in [0.717, 1.165) is 28.1 Å². The Kier molecular flexibility index (Phi) is 14.4. The Balaban J connectivity index is 0.00000212. The lowest BCUT2D eigenvalue weighted by molar-refractivity contribution is -0.143. The first-order valence-electron chi connectivity index (χ1n) is 11.3. The first-order chi connectivity index (χ1) is 14.8. The molecule has 0 aliphatic rings. The van der Waals surface area contributed by atoms with E-state index in [4.69, 9.17) is 0 Å². The van der Waals surface area contributed by atoms with Crippen molar-refractivity contribution >= 4 is 5.97 Å². The van der Waals surface area contributed by atoms with Crippen LogP contribution in [0.15, 0.2) is 30.3 Å². The van der Waals surface area contributed by atoms with Crippen LogP contribution in [0.1, 0.15) is 69.5 Å². The lowest BCUT2D eigenvalue weighted by Gasteiger charge is -2.19. The van der Waals surface area contributed by atoms with Gasteiger partial charge in [0.2, 0.25) is 0 Å². The lowest BCUT2D eigenvalue weighted by Crippen LogP contribution is -2.22. The van der Waals surface area contributed by atoms with Crippen LogP contribution in [0.4, 0.5) is 0 Å². The van der Waals surface area contributed by atoms with E-state index in [-0.39, 0.29) is 12.8 Å². The molecule has 0 aliphatic carbocycles. The minimum atomic E-state index is -0.903. The summed E-state index contributed by atoms with van der Waals surface area (Å²) in [6, 6.07) is 10.2. The van der Waals surface area contributed by atoms with E-state index in [1.54, 1.807) is 0 Å². The number of aliphatic hydroxyl groups excluding tert-OH is 2. The minimum Gasteiger partial charge on any atom is -0.469 e. The maximum Gasteiger partial charge on any atom is 0.308 e. The van der Waals surface area contributed by atoms with E-state index < -0.39 is 18.2 Å². The van der Waals surface area contributed by atoms with Crippen LogP contribution in [0, 0.1) is 20.8 Å². The van der Waals surface area contributed by atoms with Crippen LogP contribution < -0.4 is 0 Å². The third-order valence-electron chi connectivity index (χ3n) is 4.96. The second-order valence-corrected chi connectivity index (χ2v) is 6.99. The fourth-order valence-electron chi connectivity index (χ4n) is 3.39. The number of rotatable bonds is 8. The number of carbonyl (C=O) groups is 1. The number of aliphatic hydroxyl groups is 2. The van der Waals surface area contributed by atoms with Gasteiger partial charge in [0.05, 0.1) is 25.7 Å². The maximum atomic E-state index is 11.2. The number of methoxy groups -OCH3 is 1. The van der Waals surface area contributed by atoms with E-state index in [0.29, 0.717) is 12.8 Å². The molecule has 1 aromatic heterocycles. The third-order valence-corrected chi connectivity index (χ3v) is 4.96. The van der Waals surface area contributed by atoms with Gasteiger partial charge in [0.15, 0.2) is 0 Å². The smallest absolute Gasteiger partial charge is 0.308 e. The molecule has 0 spiro atoms. The van der Waals surface area contributed by atoms with Gasteiger partial charge < -0.3 is 14.9 Å². The molecule has 31 heavy (non-hydrogen) atoms.